The summed E-state index contributed by atoms with van der Waals surface area (Å²) in [5.41, 5.74) is 3.15. The van der Waals surface area contributed by atoms with Gasteiger partial charge in [-0.1, -0.05) is 6.92 Å². The average Bonchev–Trinajstić information content (AvgIpc) is 3.88. The maximum absolute atomic E-state index is 14.9. The lowest BCUT2D eigenvalue weighted by molar-refractivity contribution is -0.192. The molecule has 0 radical (unpaired) electrons. The molecule has 2 aromatic heterocycles. The number of piperazine rings is 1. The number of aromatic nitrogens is 5. The van der Waals surface area contributed by atoms with Crippen LogP contribution in [0.25, 0.3) is 5.69 Å². The molecule has 2 aliphatic heterocycles. The van der Waals surface area contributed by atoms with Crippen LogP contribution in [0.3, 0.4) is 0 Å². The van der Waals surface area contributed by atoms with Gasteiger partial charge in [0.2, 0.25) is 5.79 Å². The van der Waals surface area contributed by atoms with E-state index in [4.69, 9.17) is 14.2 Å². The van der Waals surface area contributed by atoms with E-state index in [0.717, 1.165) is 55.7 Å². The molecule has 0 aliphatic carbocycles. The molecule has 0 bridgehead atoms. The first-order valence-corrected chi connectivity index (χ1v) is 16.5. The Bertz CT molecular complexity index is 1910. The third-order valence-electron chi connectivity index (χ3n) is 9.32. The molecular weight excluding hydrogens is 632 g/mol. The van der Waals surface area contributed by atoms with Gasteiger partial charge in [-0.15, -0.1) is 0 Å². The summed E-state index contributed by atoms with van der Waals surface area (Å²) in [6.07, 6.45) is 6.94. The van der Waals surface area contributed by atoms with Crippen molar-refractivity contribution in [3.05, 3.63) is 119 Å². The Kier molecular flexibility index (Phi) is 9.19. The smallest absolute Gasteiger partial charge is 0.332 e. The molecule has 7 rings (SSSR count). The molecule has 49 heavy (non-hydrogen) atoms. The maximum atomic E-state index is 14.9. The molecule has 0 saturated carbocycles. The number of benzene rings is 3. The van der Waals surface area contributed by atoms with Gasteiger partial charge in [0.05, 0.1) is 12.3 Å². The molecule has 4 heterocycles. The minimum absolute atomic E-state index is 0.0204. The van der Waals surface area contributed by atoms with Crippen molar-refractivity contribution in [2.75, 3.05) is 49.2 Å². The van der Waals surface area contributed by atoms with E-state index in [1.54, 1.807) is 9.13 Å². The van der Waals surface area contributed by atoms with Gasteiger partial charge in [-0.2, -0.15) is 5.10 Å². The molecule has 0 amide bonds. The van der Waals surface area contributed by atoms with Crippen LogP contribution in [0.1, 0.15) is 31.9 Å². The van der Waals surface area contributed by atoms with E-state index in [9.17, 15) is 13.6 Å². The number of imidazole rings is 1. The van der Waals surface area contributed by atoms with E-state index in [0.29, 0.717) is 5.75 Å². The van der Waals surface area contributed by atoms with Crippen molar-refractivity contribution in [1.82, 2.24) is 23.9 Å². The Balaban J connectivity index is 0.925. The molecule has 256 valence electrons. The quantitative estimate of drug-likeness (QED) is 0.191. The first kappa shape index (κ1) is 32.5. The van der Waals surface area contributed by atoms with E-state index in [-0.39, 0.29) is 37.1 Å². The molecule has 3 aromatic carbocycles. The van der Waals surface area contributed by atoms with Crippen LogP contribution in [0, 0.1) is 11.6 Å². The average molecular weight is 672 g/mol. The monoisotopic (exact) mass is 671 g/mol. The number of hydrogen-bond donors (Lipinski definition) is 0. The van der Waals surface area contributed by atoms with Crippen molar-refractivity contribution in [2.24, 2.45) is 0 Å². The summed E-state index contributed by atoms with van der Waals surface area (Å²) in [6.45, 7) is 7.95. The van der Waals surface area contributed by atoms with E-state index in [1.165, 1.54) is 29.5 Å². The largest absolute Gasteiger partial charge is 0.491 e. The van der Waals surface area contributed by atoms with Crippen molar-refractivity contribution in [3.63, 3.8) is 0 Å². The van der Waals surface area contributed by atoms with Crippen molar-refractivity contribution >= 4 is 11.4 Å². The van der Waals surface area contributed by atoms with Crippen LogP contribution in [-0.2, 0) is 21.8 Å². The number of halogens is 2. The summed E-state index contributed by atoms with van der Waals surface area (Å²) in [7, 11) is 0. The topological polar surface area (TPSA) is 91.8 Å². The minimum atomic E-state index is -1.51. The molecule has 2 aliphatic rings. The van der Waals surface area contributed by atoms with Crippen LogP contribution >= 0.6 is 0 Å². The molecule has 11 nitrogen and oxygen atoms in total. The first-order valence-electron chi connectivity index (χ1n) is 16.5. The van der Waals surface area contributed by atoms with Gasteiger partial charge >= 0.3 is 5.69 Å². The number of nitrogens with zero attached hydrogens (tertiary/aromatic N) is 7. The fraction of sp³-hybridized carbons (Fsp3) is 0.361. The zero-order valence-corrected chi connectivity index (χ0v) is 27.5. The van der Waals surface area contributed by atoms with E-state index >= 15 is 0 Å². The second-order valence-corrected chi connectivity index (χ2v) is 12.4. The molecule has 2 fully saturated rings. The van der Waals surface area contributed by atoms with Crippen LogP contribution in [-0.4, -0.2) is 69.4 Å². The van der Waals surface area contributed by atoms with Crippen molar-refractivity contribution < 1.29 is 23.0 Å². The molecule has 0 spiro atoms. The Hall–Kier alpha value is -5.01. The lowest BCUT2D eigenvalue weighted by atomic mass is 10.0. The van der Waals surface area contributed by atoms with Crippen molar-refractivity contribution in [3.8, 4) is 11.4 Å². The van der Waals surface area contributed by atoms with E-state index in [2.05, 4.69) is 45.9 Å². The molecule has 3 unspecified atom stereocenters. The van der Waals surface area contributed by atoms with Gasteiger partial charge in [0.25, 0.3) is 0 Å². The van der Waals surface area contributed by atoms with Gasteiger partial charge in [-0.05, 0) is 74.0 Å². The Morgan fingerprint density at radius 1 is 0.939 bits per heavy atom. The van der Waals surface area contributed by atoms with Crippen molar-refractivity contribution in [2.45, 2.75) is 44.7 Å². The highest BCUT2D eigenvalue weighted by atomic mass is 19.1. The van der Waals surface area contributed by atoms with Gasteiger partial charge in [0, 0.05) is 67.6 Å². The number of ether oxygens (including phenoxy) is 3. The Labute approximate surface area is 282 Å². The van der Waals surface area contributed by atoms with Crippen LogP contribution < -0.4 is 20.2 Å². The fourth-order valence-electron chi connectivity index (χ4n) is 6.39. The highest BCUT2D eigenvalue weighted by Crippen LogP contribution is 2.38. The molecule has 13 heteroatoms. The molecule has 3 atom stereocenters. The van der Waals surface area contributed by atoms with Crippen molar-refractivity contribution in [1.29, 1.82) is 0 Å². The lowest BCUT2D eigenvalue weighted by Crippen LogP contribution is -2.46. The second-order valence-electron chi connectivity index (χ2n) is 12.4. The van der Waals surface area contributed by atoms with Crippen LogP contribution in [0.15, 0.2) is 96.6 Å². The molecule has 2 saturated heterocycles. The van der Waals surface area contributed by atoms with Gasteiger partial charge in [0.15, 0.2) is 0 Å². The molecule has 5 aromatic rings. The zero-order chi connectivity index (χ0) is 34.0. The normalized spacial score (nSPS) is 20.1. The lowest BCUT2D eigenvalue weighted by Gasteiger charge is -2.37. The van der Waals surface area contributed by atoms with E-state index in [1.807, 2.05) is 48.8 Å². The number of hydrogen-bond acceptors (Lipinski definition) is 8. The van der Waals surface area contributed by atoms with Gasteiger partial charge < -0.3 is 24.0 Å². The Morgan fingerprint density at radius 2 is 1.61 bits per heavy atom. The Morgan fingerprint density at radius 3 is 2.24 bits per heavy atom. The second kappa shape index (κ2) is 13.8. The third-order valence-corrected chi connectivity index (χ3v) is 9.32. The van der Waals surface area contributed by atoms with Gasteiger partial charge in [0.1, 0.15) is 49.3 Å². The summed E-state index contributed by atoms with van der Waals surface area (Å²) < 4.78 is 51.8. The van der Waals surface area contributed by atoms with Gasteiger partial charge in [-0.25, -0.2) is 23.2 Å². The summed E-state index contributed by atoms with van der Waals surface area (Å²) in [6, 6.07) is 19.6. The molecular formula is C36H39F2N7O4. The SMILES string of the molecule is CCC(C)n1ccn(-c2ccc(N3CCN(c4ccc(OCC5COC(Cn6cncn6)(c6ccc(F)cc6F)O5)cc4)CC3)cc2)c1=O. The summed E-state index contributed by atoms with van der Waals surface area (Å²) in [4.78, 5) is 21.5. The maximum Gasteiger partial charge on any atom is 0.332 e. The van der Waals surface area contributed by atoms with Crippen LogP contribution in [0.4, 0.5) is 20.2 Å². The first-order chi connectivity index (χ1) is 23.8. The number of anilines is 2. The summed E-state index contributed by atoms with van der Waals surface area (Å²) >= 11 is 0. The highest BCUT2D eigenvalue weighted by Gasteiger charge is 2.46. The van der Waals surface area contributed by atoms with E-state index < -0.39 is 23.5 Å². The summed E-state index contributed by atoms with van der Waals surface area (Å²) in [5, 5.41) is 4.11. The minimum Gasteiger partial charge on any atom is -0.491 e. The third kappa shape index (κ3) is 6.81. The standard InChI is InChI=1S/C36H39F2N7O4/c1-3-26(2)44-18-19-45(35(44)46)30-7-5-28(6-8-30)41-14-16-42(17-15-41)29-9-11-31(12-10-29)47-21-32-22-48-36(49-32,23-43-25-39-24-40-43)33-13-4-27(37)20-34(33)38/h4-13,18-20,24-26,32H,3,14-17,21-23H2,1-2H3. The highest BCUT2D eigenvalue weighted by molar-refractivity contribution is 5.54. The predicted octanol–water partition coefficient (Wildman–Crippen LogP) is 5.15. The zero-order valence-electron chi connectivity index (χ0n) is 27.5. The fourth-order valence-corrected chi connectivity index (χ4v) is 6.39. The van der Waals surface area contributed by atoms with Crippen LogP contribution in [0.2, 0.25) is 0 Å². The summed E-state index contributed by atoms with van der Waals surface area (Å²) in [5.74, 6) is -2.29. The van der Waals surface area contributed by atoms with Crippen LogP contribution in [0.5, 0.6) is 5.75 Å². The molecule has 0 N–H and O–H groups in total. The number of rotatable bonds is 11. The van der Waals surface area contributed by atoms with Gasteiger partial charge in [-0.3, -0.25) is 9.13 Å². The predicted molar refractivity (Wildman–Crippen MR) is 180 cm³/mol.